The molecule has 0 unspecified atom stereocenters. The quantitative estimate of drug-likeness (QED) is 0.927. The molecule has 0 fully saturated rings. The zero-order valence-corrected chi connectivity index (χ0v) is 11.4. The highest BCUT2D eigenvalue weighted by Gasteiger charge is 2.06. The Morgan fingerprint density at radius 1 is 1.25 bits per heavy atom. The molecule has 2 rings (SSSR count). The molecule has 0 spiro atoms. The van der Waals surface area contributed by atoms with Crippen molar-refractivity contribution in [1.82, 2.24) is 0 Å². The number of halogens is 1. The van der Waals surface area contributed by atoms with Gasteiger partial charge in [0.1, 0.15) is 12.4 Å². The van der Waals surface area contributed by atoms with Crippen molar-refractivity contribution in [3.8, 4) is 11.1 Å². The fraction of sp³-hybridized carbons (Fsp3) is 0.188. The van der Waals surface area contributed by atoms with E-state index >= 15 is 0 Å². The third kappa shape index (κ3) is 3.42. The molecule has 0 saturated carbocycles. The van der Waals surface area contributed by atoms with Crippen LogP contribution in [-0.2, 0) is 9.53 Å². The van der Waals surface area contributed by atoms with E-state index in [-0.39, 0.29) is 18.3 Å². The summed E-state index contributed by atoms with van der Waals surface area (Å²) in [7, 11) is 1.46. The largest absolute Gasteiger partial charge is 0.375 e. The molecule has 0 bridgehead atoms. The second kappa shape index (κ2) is 6.30. The maximum atomic E-state index is 13.4. The topological polar surface area (TPSA) is 38.3 Å². The number of hydrogen-bond acceptors (Lipinski definition) is 2. The molecule has 3 nitrogen and oxygen atoms in total. The summed E-state index contributed by atoms with van der Waals surface area (Å²) in [6.07, 6.45) is 0. The molecule has 4 heteroatoms. The molecule has 0 aromatic heterocycles. The number of nitrogens with one attached hydrogen (secondary N) is 1. The van der Waals surface area contributed by atoms with Crippen molar-refractivity contribution in [2.75, 3.05) is 19.0 Å². The number of hydrogen-bond donors (Lipinski definition) is 1. The van der Waals surface area contributed by atoms with E-state index in [1.807, 2.05) is 25.1 Å². The van der Waals surface area contributed by atoms with E-state index in [9.17, 15) is 9.18 Å². The van der Waals surface area contributed by atoms with Crippen molar-refractivity contribution >= 4 is 11.6 Å². The molecule has 0 saturated heterocycles. The van der Waals surface area contributed by atoms with Gasteiger partial charge in [0.2, 0.25) is 5.91 Å². The minimum atomic E-state index is -0.278. The van der Waals surface area contributed by atoms with E-state index in [1.54, 1.807) is 12.1 Å². The fourth-order valence-corrected chi connectivity index (χ4v) is 2.00. The van der Waals surface area contributed by atoms with Crippen molar-refractivity contribution in [2.24, 2.45) is 0 Å². The van der Waals surface area contributed by atoms with Crippen molar-refractivity contribution in [3.05, 3.63) is 53.8 Å². The van der Waals surface area contributed by atoms with Gasteiger partial charge in [-0.25, -0.2) is 4.39 Å². The number of anilines is 1. The Kier molecular flexibility index (Phi) is 4.48. The fourth-order valence-electron chi connectivity index (χ4n) is 2.00. The lowest BCUT2D eigenvalue weighted by molar-refractivity contribution is -0.119. The van der Waals surface area contributed by atoms with E-state index in [1.165, 1.54) is 19.2 Å². The van der Waals surface area contributed by atoms with Crippen LogP contribution in [0, 0.1) is 12.7 Å². The minimum absolute atomic E-state index is 0.00319. The van der Waals surface area contributed by atoms with Crippen molar-refractivity contribution in [1.29, 1.82) is 0 Å². The molecule has 0 aliphatic heterocycles. The number of aryl methyl sites for hydroxylation is 1. The van der Waals surface area contributed by atoms with Crippen LogP contribution < -0.4 is 5.32 Å². The van der Waals surface area contributed by atoms with E-state index in [0.717, 1.165) is 16.7 Å². The molecule has 1 amide bonds. The average molecular weight is 273 g/mol. The van der Waals surface area contributed by atoms with Crippen LogP contribution in [-0.4, -0.2) is 19.6 Å². The van der Waals surface area contributed by atoms with Gasteiger partial charge >= 0.3 is 0 Å². The molecule has 2 aromatic carbocycles. The lowest BCUT2D eigenvalue weighted by Gasteiger charge is -2.09. The third-order valence-corrected chi connectivity index (χ3v) is 2.93. The predicted molar refractivity (Wildman–Crippen MR) is 77.1 cm³/mol. The zero-order valence-electron chi connectivity index (χ0n) is 11.4. The highest BCUT2D eigenvalue weighted by molar-refractivity contribution is 5.92. The average Bonchev–Trinajstić information content (AvgIpc) is 2.42. The zero-order chi connectivity index (χ0) is 14.5. The van der Waals surface area contributed by atoms with Gasteiger partial charge in [0, 0.05) is 12.8 Å². The lowest BCUT2D eigenvalue weighted by Crippen LogP contribution is -2.16. The number of amides is 1. The standard InChI is InChI=1S/C16H16FNO2/c1-11-6-7-13(17)9-15(11)12-4-3-5-14(8-12)18-16(19)10-20-2/h3-9H,10H2,1-2H3,(H,18,19). The van der Waals surface area contributed by atoms with Gasteiger partial charge in [-0.2, -0.15) is 0 Å². The summed E-state index contributed by atoms with van der Waals surface area (Å²) < 4.78 is 18.1. The van der Waals surface area contributed by atoms with Crippen molar-refractivity contribution < 1.29 is 13.9 Å². The van der Waals surface area contributed by atoms with Crippen LogP contribution in [0.3, 0.4) is 0 Å². The summed E-state index contributed by atoms with van der Waals surface area (Å²) in [4.78, 5) is 11.5. The second-order valence-corrected chi connectivity index (χ2v) is 4.52. The Balaban J connectivity index is 2.29. The first-order valence-corrected chi connectivity index (χ1v) is 6.25. The van der Waals surface area contributed by atoms with Crippen LogP contribution in [0.25, 0.3) is 11.1 Å². The molecule has 0 atom stereocenters. The number of benzene rings is 2. The molecular weight excluding hydrogens is 257 g/mol. The first-order valence-electron chi connectivity index (χ1n) is 6.25. The summed E-state index contributed by atoms with van der Waals surface area (Å²) in [5.41, 5.74) is 3.31. The number of rotatable bonds is 4. The van der Waals surface area contributed by atoms with Gasteiger partial charge in [0.05, 0.1) is 0 Å². The van der Waals surface area contributed by atoms with Gasteiger partial charge in [-0.3, -0.25) is 4.79 Å². The maximum Gasteiger partial charge on any atom is 0.250 e. The maximum absolute atomic E-state index is 13.4. The first kappa shape index (κ1) is 14.2. The minimum Gasteiger partial charge on any atom is -0.375 e. The normalized spacial score (nSPS) is 10.3. The van der Waals surface area contributed by atoms with Gasteiger partial charge in [0.15, 0.2) is 0 Å². The van der Waals surface area contributed by atoms with Crippen molar-refractivity contribution in [2.45, 2.75) is 6.92 Å². The summed E-state index contributed by atoms with van der Waals surface area (Å²) in [5.74, 6) is -0.500. The molecule has 104 valence electrons. The van der Waals surface area contributed by atoms with Gasteiger partial charge in [-0.15, -0.1) is 0 Å². The van der Waals surface area contributed by atoms with Crippen LogP contribution in [0.15, 0.2) is 42.5 Å². The van der Waals surface area contributed by atoms with Gasteiger partial charge < -0.3 is 10.1 Å². The summed E-state index contributed by atoms with van der Waals surface area (Å²) in [5, 5.41) is 2.73. The monoisotopic (exact) mass is 273 g/mol. The molecule has 0 heterocycles. The van der Waals surface area contributed by atoms with E-state index in [2.05, 4.69) is 5.32 Å². The van der Waals surface area contributed by atoms with Crippen molar-refractivity contribution in [3.63, 3.8) is 0 Å². The second-order valence-electron chi connectivity index (χ2n) is 4.52. The molecule has 2 aromatic rings. The van der Waals surface area contributed by atoms with Gasteiger partial charge in [-0.1, -0.05) is 18.2 Å². The van der Waals surface area contributed by atoms with Crippen LogP contribution in [0.2, 0.25) is 0 Å². The third-order valence-electron chi connectivity index (χ3n) is 2.93. The smallest absolute Gasteiger partial charge is 0.250 e. The summed E-state index contributed by atoms with van der Waals surface area (Å²) >= 11 is 0. The predicted octanol–water partition coefficient (Wildman–Crippen LogP) is 3.39. The Morgan fingerprint density at radius 2 is 2.05 bits per heavy atom. The first-order chi connectivity index (χ1) is 9.60. The van der Waals surface area contributed by atoms with Gasteiger partial charge in [-0.05, 0) is 47.9 Å². The number of carbonyl (C=O) groups is 1. The molecule has 0 aliphatic carbocycles. The van der Waals surface area contributed by atoms with Crippen LogP contribution in [0.4, 0.5) is 10.1 Å². The number of carbonyl (C=O) groups excluding carboxylic acids is 1. The Bertz CT molecular complexity index is 626. The Morgan fingerprint density at radius 3 is 2.80 bits per heavy atom. The van der Waals surface area contributed by atoms with Crippen LogP contribution in [0.5, 0.6) is 0 Å². The van der Waals surface area contributed by atoms with Gasteiger partial charge in [0.25, 0.3) is 0 Å². The Labute approximate surface area is 117 Å². The molecule has 0 radical (unpaired) electrons. The highest BCUT2D eigenvalue weighted by Crippen LogP contribution is 2.26. The number of ether oxygens (including phenoxy) is 1. The number of methoxy groups -OCH3 is 1. The summed E-state index contributed by atoms with van der Waals surface area (Å²) in [6.45, 7) is 1.92. The lowest BCUT2D eigenvalue weighted by atomic mass is 10.00. The van der Waals surface area contributed by atoms with E-state index < -0.39 is 0 Å². The van der Waals surface area contributed by atoms with Crippen LogP contribution in [0.1, 0.15) is 5.56 Å². The summed E-state index contributed by atoms with van der Waals surface area (Å²) in [6, 6.07) is 12.0. The Hall–Kier alpha value is -2.20. The van der Waals surface area contributed by atoms with E-state index in [0.29, 0.717) is 5.69 Å². The molecule has 20 heavy (non-hydrogen) atoms. The molecular formula is C16H16FNO2. The van der Waals surface area contributed by atoms with E-state index in [4.69, 9.17) is 4.74 Å². The molecule has 1 N–H and O–H groups in total. The highest BCUT2D eigenvalue weighted by atomic mass is 19.1. The SMILES string of the molecule is COCC(=O)Nc1cccc(-c2cc(F)ccc2C)c1. The molecule has 0 aliphatic rings. The van der Waals surface area contributed by atoms with Crippen LogP contribution >= 0.6 is 0 Å².